The van der Waals surface area contributed by atoms with Crippen LogP contribution in [0.4, 0.5) is 0 Å². The number of hydrogen-bond donors (Lipinski definition) is 1. The number of benzene rings is 1. The molecule has 1 aromatic carbocycles. The molecule has 1 aromatic heterocycles. The molecule has 0 aliphatic rings. The SMILES string of the molecule is CNCCCn1c(C)nc2ccccc2c1=O. The van der Waals surface area contributed by atoms with Crippen molar-refractivity contribution in [2.75, 3.05) is 13.6 Å². The third-order valence-electron chi connectivity index (χ3n) is 2.86. The number of fused-ring (bicyclic) bond motifs is 1. The molecule has 0 saturated heterocycles. The van der Waals surface area contributed by atoms with Gasteiger partial charge in [-0.05, 0) is 39.1 Å². The Morgan fingerprint density at radius 2 is 2.12 bits per heavy atom. The van der Waals surface area contributed by atoms with Crippen molar-refractivity contribution in [1.29, 1.82) is 0 Å². The highest BCUT2D eigenvalue weighted by molar-refractivity contribution is 5.77. The molecule has 4 heteroatoms. The highest BCUT2D eigenvalue weighted by Crippen LogP contribution is 2.07. The van der Waals surface area contributed by atoms with Crippen LogP contribution in [0.1, 0.15) is 12.2 Å². The van der Waals surface area contributed by atoms with E-state index in [1.165, 1.54) is 0 Å². The van der Waals surface area contributed by atoms with Crippen LogP contribution in [-0.2, 0) is 6.54 Å². The summed E-state index contributed by atoms with van der Waals surface area (Å²) < 4.78 is 1.75. The van der Waals surface area contributed by atoms with Gasteiger partial charge in [-0.3, -0.25) is 9.36 Å². The van der Waals surface area contributed by atoms with Crippen molar-refractivity contribution in [2.45, 2.75) is 19.9 Å². The normalized spacial score (nSPS) is 10.9. The summed E-state index contributed by atoms with van der Waals surface area (Å²) in [7, 11) is 1.91. The van der Waals surface area contributed by atoms with Gasteiger partial charge in [-0.15, -0.1) is 0 Å². The Balaban J connectivity index is 2.45. The lowest BCUT2D eigenvalue weighted by Gasteiger charge is -2.10. The van der Waals surface area contributed by atoms with E-state index in [-0.39, 0.29) is 5.56 Å². The van der Waals surface area contributed by atoms with E-state index in [1.54, 1.807) is 4.57 Å². The van der Waals surface area contributed by atoms with Crippen LogP contribution in [0.2, 0.25) is 0 Å². The third kappa shape index (κ3) is 2.36. The number of nitrogens with one attached hydrogen (secondary N) is 1. The first-order chi connectivity index (χ1) is 8.24. The van der Waals surface area contributed by atoms with Crippen LogP contribution >= 0.6 is 0 Å². The molecule has 0 atom stereocenters. The van der Waals surface area contributed by atoms with Crippen molar-refractivity contribution in [3.05, 3.63) is 40.4 Å². The first kappa shape index (κ1) is 11.8. The number of rotatable bonds is 4. The Bertz CT molecular complexity index is 574. The van der Waals surface area contributed by atoms with Crippen molar-refractivity contribution in [2.24, 2.45) is 0 Å². The van der Waals surface area contributed by atoms with Gasteiger partial charge in [-0.1, -0.05) is 12.1 Å². The van der Waals surface area contributed by atoms with E-state index in [2.05, 4.69) is 10.3 Å². The molecule has 0 amide bonds. The highest BCUT2D eigenvalue weighted by atomic mass is 16.1. The Labute approximate surface area is 100 Å². The Kier molecular flexibility index (Phi) is 3.54. The zero-order valence-corrected chi connectivity index (χ0v) is 10.2. The van der Waals surface area contributed by atoms with E-state index in [0.717, 1.165) is 24.3 Å². The summed E-state index contributed by atoms with van der Waals surface area (Å²) >= 11 is 0. The molecular formula is C13H17N3O. The van der Waals surface area contributed by atoms with E-state index in [1.807, 2.05) is 38.2 Å². The van der Waals surface area contributed by atoms with E-state index in [4.69, 9.17) is 0 Å². The molecule has 0 aliphatic heterocycles. The van der Waals surface area contributed by atoms with E-state index < -0.39 is 0 Å². The van der Waals surface area contributed by atoms with Gasteiger partial charge in [0, 0.05) is 6.54 Å². The quantitative estimate of drug-likeness (QED) is 0.807. The molecule has 0 bridgehead atoms. The fourth-order valence-corrected chi connectivity index (χ4v) is 1.96. The smallest absolute Gasteiger partial charge is 0.261 e. The molecule has 0 saturated carbocycles. The molecule has 2 aromatic rings. The number of para-hydroxylation sites is 1. The second kappa shape index (κ2) is 5.10. The monoisotopic (exact) mass is 231 g/mol. The second-order valence-corrected chi connectivity index (χ2v) is 4.09. The van der Waals surface area contributed by atoms with Gasteiger partial charge in [0.1, 0.15) is 5.82 Å². The molecule has 4 nitrogen and oxygen atoms in total. The summed E-state index contributed by atoms with van der Waals surface area (Å²) in [6.45, 7) is 3.50. The predicted molar refractivity (Wildman–Crippen MR) is 69.3 cm³/mol. The van der Waals surface area contributed by atoms with Gasteiger partial charge < -0.3 is 5.32 Å². The van der Waals surface area contributed by atoms with Crippen molar-refractivity contribution in [3.63, 3.8) is 0 Å². The molecule has 0 aliphatic carbocycles. The van der Waals surface area contributed by atoms with E-state index in [9.17, 15) is 4.79 Å². The van der Waals surface area contributed by atoms with Crippen LogP contribution in [0.3, 0.4) is 0 Å². The lowest BCUT2D eigenvalue weighted by molar-refractivity contribution is 0.579. The molecule has 1 heterocycles. The van der Waals surface area contributed by atoms with Crippen molar-refractivity contribution < 1.29 is 0 Å². The number of aryl methyl sites for hydroxylation is 1. The summed E-state index contributed by atoms with van der Waals surface area (Å²) in [5.74, 6) is 0.782. The standard InChI is InChI=1S/C13H17N3O/c1-10-15-12-7-4-3-6-11(12)13(17)16(10)9-5-8-14-2/h3-4,6-7,14H,5,8-9H2,1-2H3. The molecule has 0 fully saturated rings. The molecule has 90 valence electrons. The molecule has 17 heavy (non-hydrogen) atoms. The minimum atomic E-state index is 0.0594. The summed E-state index contributed by atoms with van der Waals surface area (Å²) in [5.41, 5.74) is 0.837. The van der Waals surface area contributed by atoms with Crippen LogP contribution in [0.5, 0.6) is 0 Å². The summed E-state index contributed by atoms with van der Waals surface area (Å²) in [6.07, 6.45) is 0.928. The molecule has 2 rings (SSSR count). The van der Waals surface area contributed by atoms with Gasteiger partial charge >= 0.3 is 0 Å². The van der Waals surface area contributed by atoms with Crippen LogP contribution in [0, 0.1) is 6.92 Å². The van der Waals surface area contributed by atoms with Crippen LogP contribution in [0.15, 0.2) is 29.1 Å². The first-order valence-electron chi connectivity index (χ1n) is 5.85. The average Bonchev–Trinajstić information content (AvgIpc) is 2.33. The van der Waals surface area contributed by atoms with Crippen molar-refractivity contribution >= 4 is 10.9 Å². The second-order valence-electron chi connectivity index (χ2n) is 4.09. The maximum Gasteiger partial charge on any atom is 0.261 e. The van der Waals surface area contributed by atoms with Gasteiger partial charge in [0.15, 0.2) is 0 Å². The Morgan fingerprint density at radius 1 is 1.35 bits per heavy atom. The molecular weight excluding hydrogens is 214 g/mol. The average molecular weight is 231 g/mol. The molecule has 0 radical (unpaired) electrons. The first-order valence-corrected chi connectivity index (χ1v) is 5.85. The maximum absolute atomic E-state index is 12.2. The maximum atomic E-state index is 12.2. The minimum Gasteiger partial charge on any atom is -0.320 e. The van der Waals surface area contributed by atoms with Gasteiger partial charge in [-0.2, -0.15) is 0 Å². The van der Waals surface area contributed by atoms with Gasteiger partial charge in [0.05, 0.1) is 10.9 Å². The highest BCUT2D eigenvalue weighted by Gasteiger charge is 2.06. The Morgan fingerprint density at radius 3 is 2.88 bits per heavy atom. The van der Waals surface area contributed by atoms with Crippen molar-refractivity contribution in [1.82, 2.24) is 14.9 Å². The van der Waals surface area contributed by atoms with Gasteiger partial charge in [0.25, 0.3) is 5.56 Å². The van der Waals surface area contributed by atoms with Crippen LogP contribution in [-0.4, -0.2) is 23.1 Å². The van der Waals surface area contributed by atoms with Gasteiger partial charge in [0.2, 0.25) is 0 Å². The van der Waals surface area contributed by atoms with Crippen LogP contribution in [0.25, 0.3) is 10.9 Å². The number of hydrogen-bond acceptors (Lipinski definition) is 3. The third-order valence-corrected chi connectivity index (χ3v) is 2.86. The van der Waals surface area contributed by atoms with Gasteiger partial charge in [-0.25, -0.2) is 4.98 Å². The molecule has 0 unspecified atom stereocenters. The topological polar surface area (TPSA) is 46.9 Å². The van der Waals surface area contributed by atoms with Crippen LogP contribution < -0.4 is 10.9 Å². The Hall–Kier alpha value is -1.68. The minimum absolute atomic E-state index is 0.0594. The zero-order chi connectivity index (χ0) is 12.3. The molecule has 1 N–H and O–H groups in total. The predicted octanol–water partition coefficient (Wildman–Crippen LogP) is 1.31. The number of nitrogens with zero attached hydrogens (tertiary/aromatic N) is 2. The van der Waals surface area contributed by atoms with E-state index in [0.29, 0.717) is 11.9 Å². The van der Waals surface area contributed by atoms with Crippen molar-refractivity contribution in [3.8, 4) is 0 Å². The zero-order valence-electron chi connectivity index (χ0n) is 10.2. The summed E-state index contributed by atoms with van der Waals surface area (Å²) in [5, 5.41) is 3.78. The summed E-state index contributed by atoms with van der Waals surface area (Å²) in [4.78, 5) is 16.7. The largest absolute Gasteiger partial charge is 0.320 e. The lowest BCUT2D eigenvalue weighted by Crippen LogP contribution is -2.25. The van der Waals surface area contributed by atoms with E-state index >= 15 is 0 Å². The fraction of sp³-hybridized carbons (Fsp3) is 0.385. The number of aromatic nitrogens is 2. The summed E-state index contributed by atoms with van der Waals surface area (Å²) in [6, 6.07) is 7.48. The lowest BCUT2D eigenvalue weighted by atomic mass is 10.2. The molecule has 0 spiro atoms. The fourth-order valence-electron chi connectivity index (χ4n) is 1.96.